The van der Waals surface area contributed by atoms with Crippen molar-refractivity contribution in [2.75, 3.05) is 0 Å². The van der Waals surface area contributed by atoms with E-state index >= 15 is 0 Å². The SMILES string of the molecule is CCCn1cc(-c2cc(=S)nc(C(C)(C)C)[nH]2)cn1. The molecule has 0 saturated heterocycles. The second-order valence-electron chi connectivity index (χ2n) is 5.72. The summed E-state index contributed by atoms with van der Waals surface area (Å²) in [6.45, 7) is 9.41. The van der Waals surface area contributed by atoms with Crippen molar-refractivity contribution >= 4 is 12.2 Å². The predicted octanol–water partition coefficient (Wildman–Crippen LogP) is 3.71. The monoisotopic (exact) mass is 276 g/mol. The molecule has 2 rings (SSSR count). The van der Waals surface area contributed by atoms with Gasteiger partial charge in [0.1, 0.15) is 10.5 Å². The summed E-state index contributed by atoms with van der Waals surface area (Å²) in [4.78, 5) is 7.77. The van der Waals surface area contributed by atoms with E-state index in [2.05, 4.69) is 42.8 Å². The van der Waals surface area contributed by atoms with Crippen LogP contribution in [0.4, 0.5) is 0 Å². The summed E-state index contributed by atoms with van der Waals surface area (Å²) in [6, 6.07) is 1.89. The molecule has 0 aliphatic rings. The van der Waals surface area contributed by atoms with Crippen LogP contribution < -0.4 is 0 Å². The summed E-state index contributed by atoms with van der Waals surface area (Å²) in [6.07, 6.45) is 4.97. The number of aromatic nitrogens is 4. The number of H-pyrrole nitrogens is 1. The van der Waals surface area contributed by atoms with Crippen LogP contribution in [0.5, 0.6) is 0 Å². The quantitative estimate of drug-likeness (QED) is 0.869. The first-order chi connectivity index (χ1) is 8.90. The minimum atomic E-state index is -0.0526. The van der Waals surface area contributed by atoms with Crippen LogP contribution in [-0.2, 0) is 12.0 Å². The fourth-order valence-electron chi connectivity index (χ4n) is 1.82. The molecule has 0 spiro atoms. The molecule has 4 nitrogen and oxygen atoms in total. The summed E-state index contributed by atoms with van der Waals surface area (Å²) in [7, 11) is 0. The van der Waals surface area contributed by atoms with E-state index in [9.17, 15) is 0 Å². The molecule has 0 aliphatic heterocycles. The van der Waals surface area contributed by atoms with E-state index < -0.39 is 0 Å². The summed E-state index contributed by atoms with van der Waals surface area (Å²) in [5.41, 5.74) is 1.97. The van der Waals surface area contributed by atoms with E-state index in [4.69, 9.17) is 12.2 Å². The molecule has 0 radical (unpaired) electrons. The highest BCUT2D eigenvalue weighted by Gasteiger charge is 2.17. The van der Waals surface area contributed by atoms with Crippen molar-refractivity contribution in [3.63, 3.8) is 0 Å². The average Bonchev–Trinajstić information content (AvgIpc) is 2.76. The second-order valence-corrected chi connectivity index (χ2v) is 6.14. The van der Waals surface area contributed by atoms with Crippen LogP contribution in [0.3, 0.4) is 0 Å². The van der Waals surface area contributed by atoms with Gasteiger partial charge in [-0.2, -0.15) is 5.10 Å². The van der Waals surface area contributed by atoms with Crippen LogP contribution in [0.2, 0.25) is 0 Å². The van der Waals surface area contributed by atoms with Crippen LogP contribution in [0, 0.1) is 4.64 Å². The fraction of sp³-hybridized carbons (Fsp3) is 0.500. The Kier molecular flexibility index (Phi) is 3.85. The van der Waals surface area contributed by atoms with Gasteiger partial charge in [0.2, 0.25) is 0 Å². The maximum atomic E-state index is 5.26. The van der Waals surface area contributed by atoms with Crippen molar-refractivity contribution in [1.82, 2.24) is 19.7 Å². The third-order valence-corrected chi connectivity index (χ3v) is 3.06. The smallest absolute Gasteiger partial charge is 0.130 e. The van der Waals surface area contributed by atoms with E-state index in [1.54, 1.807) is 0 Å². The van der Waals surface area contributed by atoms with Gasteiger partial charge >= 0.3 is 0 Å². The van der Waals surface area contributed by atoms with Crippen molar-refractivity contribution in [3.8, 4) is 11.3 Å². The largest absolute Gasteiger partial charge is 0.343 e. The Labute approximate surface area is 118 Å². The Hall–Kier alpha value is -1.49. The third-order valence-electron chi connectivity index (χ3n) is 2.85. The van der Waals surface area contributed by atoms with Crippen LogP contribution in [0.25, 0.3) is 11.3 Å². The number of aromatic amines is 1. The van der Waals surface area contributed by atoms with E-state index in [0.29, 0.717) is 4.64 Å². The minimum absolute atomic E-state index is 0.0526. The molecular formula is C14H20N4S. The molecule has 19 heavy (non-hydrogen) atoms. The highest BCUT2D eigenvalue weighted by molar-refractivity contribution is 7.71. The average molecular weight is 276 g/mol. The van der Waals surface area contributed by atoms with Gasteiger partial charge in [0.25, 0.3) is 0 Å². The number of aryl methyl sites for hydroxylation is 1. The first kappa shape index (κ1) is 13.9. The van der Waals surface area contributed by atoms with Crippen LogP contribution in [-0.4, -0.2) is 19.7 Å². The highest BCUT2D eigenvalue weighted by atomic mass is 32.1. The van der Waals surface area contributed by atoms with Gasteiger partial charge in [-0.25, -0.2) is 4.98 Å². The summed E-state index contributed by atoms with van der Waals surface area (Å²) in [5.74, 6) is 0.901. The van der Waals surface area contributed by atoms with Crippen LogP contribution in [0.15, 0.2) is 18.5 Å². The molecule has 0 aliphatic carbocycles. The van der Waals surface area contributed by atoms with Crippen LogP contribution >= 0.6 is 12.2 Å². The van der Waals surface area contributed by atoms with Crippen molar-refractivity contribution < 1.29 is 0 Å². The lowest BCUT2D eigenvalue weighted by Gasteiger charge is -2.18. The zero-order chi connectivity index (χ0) is 14.0. The van der Waals surface area contributed by atoms with Crippen molar-refractivity contribution in [2.24, 2.45) is 0 Å². The molecule has 0 atom stereocenters. The zero-order valence-corrected chi connectivity index (χ0v) is 12.7. The molecule has 2 heterocycles. The molecule has 0 fully saturated rings. The molecule has 0 saturated carbocycles. The maximum absolute atomic E-state index is 5.26. The molecule has 0 bridgehead atoms. The Bertz CT molecular complexity index is 619. The first-order valence-corrected chi connectivity index (χ1v) is 6.95. The summed E-state index contributed by atoms with van der Waals surface area (Å²) < 4.78 is 2.56. The van der Waals surface area contributed by atoms with Gasteiger partial charge in [-0.3, -0.25) is 4.68 Å². The van der Waals surface area contributed by atoms with Gasteiger partial charge < -0.3 is 4.98 Å². The van der Waals surface area contributed by atoms with E-state index in [0.717, 1.165) is 30.0 Å². The number of hydrogen-bond acceptors (Lipinski definition) is 3. The first-order valence-electron chi connectivity index (χ1n) is 6.55. The number of hydrogen-bond donors (Lipinski definition) is 1. The Morgan fingerprint density at radius 2 is 2.11 bits per heavy atom. The predicted molar refractivity (Wildman–Crippen MR) is 79.6 cm³/mol. The molecule has 1 N–H and O–H groups in total. The molecule has 2 aromatic rings. The molecule has 2 aromatic heterocycles. The van der Waals surface area contributed by atoms with Gasteiger partial charge in [0, 0.05) is 23.7 Å². The Morgan fingerprint density at radius 1 is 1.37 bits per heavy atom. The Morgan fingerprint density at radius 3 is 2.74 bits per heavy atom. The third kappa shape index (κ3) is 3.29. The number of nitrogens with one attached hydrogen (secondary N) is 1. The Balaban J connectivity index is 2.44. The number of rotatable bonds is 3. The van der Waals surface area contributed by atoms with Crippen molar-refractivity contribution in [3.05, 3.63) is 28.9 Å². The standard InChI is InChI=1S/C14H20N4S/c1-5-6-18-9-10(8-15-18)11-7-12(19)17-13(16-11)14(2,3)4/h7-9H,5-6H2,1-4H3,(H,16,17,19). The van der Waals surface area contributed by atoms with Gasteiger partial charge in [-0.05, 0) is 12.5 Å². The van der Waals surface area contributed by atoms with Gasteiger partial charge in [0.15, 0.2) is 0 Å². The van der Waals surface area contributed by atoms with E-state index in [1.807, 2.05) is 23.1 Å². The van der Waals surface area contributed by atoms with E-state index in [-0.39, 0.29) is 5.41 Å². The molecule has 0 aromatic carbocycles. The lowest BCUT2D eigenvalue weighted by Crippen LogP contribution is -2.16. The van der Waals surface area contributed by atoms with Gasteiger partial charge in [-0.1, -0.05) is 39.9 Å². The normalized spacial score (nSPS) is 11.8. The fourth-order valence-corrected chi connectivity index (χ4v) is 2.03. The maximum Gasteiger partial charge on any atom is 0.130 e. The molecule has 102 valence electrons. The summed E-state index contributed by atoms with van der Waals surface area (Å²) >= 11 is 5.26. The molecule has 0 unspecified atom stereocenters. The second kappa shape index (κ2) is 5.25. The zero-order valence-electron chi connectivity index (χ0n) is 11.9. The summed E-state index contributed by atoms with van der Waals surface area (Å²) in [5, 5.41) is 4.35. The molecular weight excluding hydrogens is 256 g/mol. The van der Waals surface area contributed by atoms with Gasteiger partial charge in [0.05, 0.1) is 11.9 Å². The lowest BCUT2D eigenvalue weighted by molar-refractivity contribution is 0.545. The minimum Gasteiger partial charge on any atom is -0.343 e. The van der Waals surface area contributed by atoms with Crippen molar-refractivity contribution in [1.29, 1.82) is 0 Å². The topological polar surface area (TPSA) is 46.5 Å². The highest BCUT2D eigenvalue weighted by Crippen LogP contribution is 2.22. The van der Waals surface area contributed by atoms with E-state index in [1.165, 1.54) is 0 Å². The van der Waals surface area contributed by atoms with Crippen LogP contribution in [0.1, 0.15) is 39.9 Å². The van der Waals surface area contributed by atoms with Crippen molar-refractivity contribution in [2.45, 2.75) is 46.1 Å². The number of nitrogens with zero attached hydrogens (tertiary/aromatic N) is 3. The molecule has 5 heteroatoms. The van der Waals surface area contributed by atoms with Gasteiger partial charge in [-0.15, -0.1) is 0 Å². The lowest BCUT2D eigenvalue weighted by atomic mass is 9.95. The molecule has 0 amide bonds.